The molecule has 0 aromatic carbocycles. The lowest BCUT2D eigenvalue weighted by Crippen LogP contribution is -2.50. The van der Waals surface area contributed by atoms with Crippen molar-refractivity contribution in [2.75, 3.05) is 19.6 Å². The summed E-state index contributed by atoms with van der Waals surface area (Å²) in [5.74, 6) is 1.95. The molecule has 1 aliphatic rings. The van der Waals surface area contributed by atoms with Gasteiger partial charge in [-0.2, -0.15) is 0 Å². The molecule has 2 unspecified atom stereocenters. The number of carbonyl (C=O) groups excluding carboxylic acids is 1. The summed E-state index contributed by atoms with van der Waals surface area (Å²) in [6.07, 6.45) is 6.93. The first-order valence-electron chi connectivity index (χ1n) is 8.21. The van der Waals surface area contributed by atoms with Crippen LogP contribution in [0.4, 0.5) is 0 Å². The fourth-order valence-electron chi connectivity index (χ4n) is 3.20. The zero-order valence-corrected chi connectivity index (χ0v) is 13.5. The van der Waals surface area contributed by atoms with E-state index in [2.05, 4.69) is 21.8 Å². The van der Waals surface area contributed by atoms with E-state index in [-0.39, 0.29) is 11.9 Å². The van der Waals surface area contributed by atoms with Crippen LogP contribution in [-0.2, 0) is 17.8 Å². The molecular weight excluding hydrogens is 264 g/mol. The first-order valence-corrected chi connectivity index (χ1v) is 8.21. The van der Waals surface area contributed by atoms with Gasteiger partial charge in [0.2, 0.25) is 5.91 Å². The van der Waals surface area contributed by atoms with Crippen molar-refractivity contribution in [3.63, 3.8) is 0 Å². The zero-order valence-electron chi connectivity index (χ0n) is 13.5. The molecule has 1 fully saturated rings. The number of amides is 1. The quantitative estimate of drug-likeness (QED) is 0.868. The Bertz CT molecular complexity index is 453. The molecule has 1 amide bonds. The van der Waals surface area contributed by atoms with Gasteiger partial charge in [0.25, 0.3) is 0 Å². The van der Waals surface area contributed by atoms with Crippen LogP contribution in [0, 0.1) is 5.92 Å². The molecule has 21 heavy (non-hydrogen) atoms. The number of carbonyl (C=O) groups is 1. The molecule has 0 radical (unpaired) electrons. The van der Waals surface area contributed by atoms with Gasteiger partial charge in [0, 0.05) is 38.4 Å². The molecule has 0 spiro atoms. The Hall–Kier alpha value is -1.36. The first kappa shape index (κ1) is 16.0. The predicted molar refractivity (Wildman–Crippen MR) is 84.0 cm³/mol. The molecule has 5 heteroatoms. The average Bonchev–Trinajstić information content (AvgIpc) is 2.96. The molecule has 0 aliphatic carbocycles. The molecule has 2 rings (SSSR count). The second kappa shape index (κ2) is 7.59. The van der Waals surface area contributed by atoms with Crippen LogP contribution in [0.25, 0.3) is 0 Å². The maximum absolute atomic E-state index is 12.5. The fraction of sp³-hybridized carbons (Fsp3) is 0.750. The number of likely N-dealkylation sites (N-methyl/N-ethyl adjacent to an activating group) is 1. The van der Waals surface area contributed by atoms with Gasteiger partial charge in [0.05, 0.1) is 6.04 Å². The summed E-state index contributed by atoms with van der Waals surface area (Å²) >= 11 is 0. The van der Waals surface area contributed by atoms with Crippen LogP contribution in [0.15, 0.2) is 12.4 Å². The van der Waals surface area contributed by atoms with E-state index in [1.54, 1.807) is 0 Å². The Kier molecular flexibility index (Phi) is 5.79. The largest absolute Gasteiger partial charge is 0.342 e. The molecule has 1 aromatic heterocycles. The van der Waals surface area contributed by atoms with Gasteiger partial charge in [0.1, 0.15) is 5.82 Å². The van der Waals surface area contributed by atoms with Gasteiger partial charge < -0.3 is 14.8 Å². The second-order valence-electron chi connectivity index (χ2n) is 5.74. The highest BCUT2D eigenvalue weighted by atomic mass is 16.2. The van der Waals surface area contributed by atoms with E-state index in [4.69, 9.17) is 0 Å². The van der Waals surface area contributed by atoms with Gasteiger partial charge in [-0.05, 0) is 46.1 Å². The number of rotatable bonds is 6. The third-order valence-electron chi connectivity index (χ3n) is 4.50. The monoisotopic (exact) mass is 292 g/mol. The zero-order chi connectivity index (χ0) is 15.2. The number of nitrogens with one attached hydrogen (secondary N) is 1. The topological polar surface area (TPSA) is 50.2 Å². The van der Waals surface area contributed by atoms with E-state index in [1.165, 1.54) is 0 Å². The van der Waals surface area contributed by atoms with E-state index in [9.17, 15) is 4.79 Å². The molecule has 118 valence electrons. The number of nitrogens with zero attached hydrogens (tertiary/aromatic N) is 3. The molecule has 0 saturated carbocycles. The SMILES string of the molecule is CCN(CC)C(=O)C1CC(Cc2nccn2CC)CCN1. The summed E-state index contributed by atoms with van der Waals surface area (Å²) < 4.78 is 2.20. The Morgan fingerprint density at radius 3 is 2.86 bits per heavy atom. The highest BCUT2D eigenvalue weighted by molar-refractivity contribution is 5.82. The number of hydrogen-bond donors (Lipinski definition) is 1. The van der Waals surface area contributed by atoms with Crippen molar-refractivity contribution < 1.29 is 4.79 Å². The minimum Gasteiger partial charge on any atom is -0.342 e. The minimum absolute atomic E-state index is 0.0197. The fourth-order valence-corrected chi connectivity index (χ4v) is 3.20. The normalized spacial score (nSPS) is 22.2. The number of aromatic nitrogens is 2. The Morgan fingerprint density at radius 2 is 2.19 bits per heavy atom. The van der Waals surface area contributed by atoms with Crippen LogP contribution in [0.2, 0.25) is 0 Å². The van der Waals surface area contributed by atoms with Crippen molar-refractivity contribution in [2.45, 2.75) is 52.6 Å². The molecule has 0 bridgehead atoms. The second-order valence-corrected chi connectivity index (χ2v) is 5.74. The number of piperidine rings is 1. The van der Waals surface area contributed by atoms with Crippen LogP contribution in [0.5, 0.6) is 0 Å². The lowest BCUT2D eigenvalue weighted by molar-refractivity contribution is -0.134. The van der Waals surface area contributed by atoms with Gasteiger partial charge in [-0.1, -0.05) is 0 Å². The molecule has 1 aliphatic heterocycles. The van der Waals surface area contributed by atoms with Crippen molar-refractivity contribution in [3.05, 3.63) is 18.2 Å². The first-order chi connectivity index (χ1) is 10.2. The molecular formula is C16H28N4O. The van der Waals surface area contributed by atoms with Crippen LogP contribution >= 0.6 is 0 Å². The van der Waals surface area contributed by atoms with Gasteiger partial charge in [-0.25, -0.2) is 4.98 Å². The third kappa shape index (κ3) is 3.84. The minimum atomic E-state index is -0.0197. The summed E-state index contributed by atoms with van der Waals surface area (Å²) in [5.41, 5.74) is 0. The average molecular weight is 292 g/mol. The highest BCUT2D eigenvalue weighted by Crippen LogP contribution is 2.21. The molecule has 1 N–H and O–H groups in total. The summed E-state index contributed by atoms with van der Waals surface area (Å²) in [6.45, 7) is 9.69. The van der Waals surface area contributed by atoms with Crippen molar-refractivity contribution in [2.24, 2.45) is 5.92 Å². The van der Waals surface area contributed by atoms with Crippen LogP contribution < -0.4 is 5.32 Å². The number of aryl methyl sites for hydroxylation is 1. The lowest BCUT2D eigenvalue weighted by atomic mass is 9.89. The van der Waals surface area contributed by atoms with Crippen molar-refractivity contribution in [1.29, 1.82) is 0 Å². The Labute approximate surface area is 127 Å². The molecule has 2 atom stereocenters. The highest BCUT2D eigenvalue weighted by Gasteiger charge is 2.29. The third-order valence-corrected chi connectivity index (χ3v) is 4.50. The molecule has 2 heterocycles. The van der Waals surface area contributed by atoms with E-state index >= 15 is 0 Å². The van der Waals surface area contributed by atoms with Crippen molar-refractivity contribution in [1.82, 2.24) is 19.8 Å². The Balaban J connectivity index is 1.96. The maximum atomic E-state index is 12.5. The van der Waals surface area contributed by atoms with Gasteiger partial charge in [-0.15, -0.1) is 0 Å². The lowest BCUT2D eigenvalue weighted by Gasteiger charge is -2.32. The van der Waals surface area contributed by atoms with Crippen molar-refractivity contribution in [3.8, 4) is 0 Å². The summed E-state index contributed by atoms with van der Waals surface area (Å²) in [6, 6.07) is -0.0197. The van der Waals surface area contributed by atoms with Crippen molar-refractivity contribution >= 4 is 5.91 Å². The van der Waals surface area contributed by atoms with E-state index in [0.717, 1.165) is 51.3 Å². The standard InChI is InChI=1S/C16H28N4O/c1-4-19(5-2)16(21)14-11-13(7-8-17-14)12-15-18-9-10-20(15)6-3/h9-10,13-14,17H,4-8,11-12H2,1-3H3. The van der Waals surface area contributed by atoms with E-state index in [1.807, 2.05) is 31.1 Å². The molecule has 1 saturated heterocycles. The van der Waals surface area contributed by atoms with Gasteiger partial charge in [0.15, 0.2) is 0 Å². The summed E-state index contributed by atoms with van der Waals surface area (Å²) in [5, 5.41) is 3.39. The maximum Gasteiger partial charge on any atom is 0.239 e. The molecule has 5 nitrogen and oxygen atoms in total. The van der Waals surface area contributed by atoms with E-state index < -0.39 is 0 Å². The van der Waals surface area contributed by atoms with Crippen LogP contribution in [0.3, 0.4) is 0 Å². The predicted octanol–water partition coefficient (Wildman–Crippen LogP) is 1.68. The van der Waals surface area contributed by atoms with Crippen LogP contribution in [0.1, 0.15) is 39.4 Å². The van der Waals surface area contributed by atoms with Crippen LogP contribution in [-0.4, -0.2) is 46.0 Å². The van der Waals surface area contributed by atoms with E-state index in [0.29, 0.717) is 5.92 Å². The summed E-state index contributed by atoms with van der Waals surface area (Å²) in [4.78, 5) is 18.9. The Morgan fingerprint density at radius 1 is 1.43 bits per heavy atom. The molecule has 1 aromatic rings. The number of hydrogen-bond acceptors (Lipinski definition) is 3. The summed E-state index contributed by atoms with van der Waals surface area (Å²) in [7, 11) is 0. The number of imidazole rings is 1. The van der Waals surface area contributed by atoms with Gasteiger partial charge >= 0.3 is 0 Å². The van der Waals surface area contributed by atoms with Gasteiger partial charge in [-0.3, -0.25) is 4.79 Å². The smallest absolute Gasteiger partial charge is 0.239 e.